The van der Waals surface area contributed by atoms with Gasteiger partial charge in [-0.2, -0.15) is 11.3 Å². The van der Waals surface area contributed by atoms with Gasteiger partial charge in [0.25, 0.3) is 0 Å². The summed E-state index contributed by atoms with van der Waals surface area (Å²) in [5, 5.41) is 4.99. The van der Waals surface area contributed by atoms with Crippen LogP contribution in [0.5, 0.6) is 0 Å². The van der Waals surface area contributed by atoms with Gasteiger partial charge >= 0.3 is 0 Å². The summed E-state index contributed by atoms with van der Waals surface area (Å²) in [6, 6.07) is 6.95. The predicted molar refractivity (Wildman–Crippen MR) is 75.8 cm³/mol. The maximum absolute atomic E-state index is 6.14. The van der Waals surface area contributed by atoms with Gasteiger partial charge in [-0.15, -0.1) is 0 Å². The lowest BCUT2D eigenvalue weighted by atomic mass is 10.2. The molecule has 3 rings (SSSR count). The van der Waals surface area contributed by atoms with E-state index >= 15 is 0 Å². The van der Waals surface area contributed by atoms with Crippen molar-refractivity contribution in [2.75, 3.05) is 0 Å². The van der Waals surface area contributed by atoms with E-state index in [0.29, 0.717) is 5.15 Å². The minimum atomic E-state index is 0.633. The van der Waals surface area contributed by atoms with E-state index in [-0.39, 0.29) is 0 Å². The standard InChI is InChI=1S/C14H15ClN2S/c15-14-12(2-1-6-16-14)9-17(13-3-4-13)8-11-5-7-18-10-11/h1-2,5-7,10,13H,3-4,8-9H2. The van der Waals surface area contributed by atoms with E-state index in [2.05, 4.69) is 32.8 Å². The number of nitrogens with zero attached hydrogens (tertiary/aromatic N) is 2. The molecule has 1 fully saturated rings. The molecule has 94 valence electrons. The molecule has 0 radical (unpaired) electrons. The Kier molecular flexibility index (Phi) is 3.64. The number of pyridine rings is 1. The molecular formula is C14H15ClN2S. The first-order valence-electron chi connectivity index (χ1n) is 6.17. The molecule has 0 spiro atoms. The molecule has 0 amide bonds. The van der Waals surface area contributed by atoms with Gasteiger partial charge in [0.05, 0.1) is 0 Å². The summed E-state index contributed by atoms with van der Waals surface area (Å²) in [5.74, 6) is 0. The van der Waals surface area contributed by atoms with Crippen molar-refractivity contribution in [1.29, 1.82) is 0 Å². The third kappa shape index (κ3) is 2.91. The number of aromatic nitrogens is 1. The van der Waals surface area contributed by atoms with Crippen molar-refractivity contribution >= 4 is 22.9 Å². The Morgan fingerprint density at radius 3 is 2.89 bits per heavy atom. The molecule has 0 atom stereocenters. The van der Waals surface area contributed by atoms with Crippen LogP contribution in [-0.2, 0) is 13.1 Å². The van der Waals surface area contributed by atoms with Crippen molar-refractivity contribution in [3.8, 4) is 0 Å². The van der Waals surface area contributed by atoms with Crippen molar-refractivity contribution in [3.05, 3.63) is 51.4 Å². The molecule has 2 heterocycles. The van der Waals surface area contributed by atoms with Crippen LogP contribution in [0.2, 0.25) is 5.15 Å². The van der Waals surface area contributed by atoms with Crippen molar-refractivity contribution in [3.63, 3.8) is 0 Å². The number of thiophene rings is 1. The Morgan fingerprint density at radius 2 is 2.22 bits per heavy atom. The largest absolute Gasteiger partial charge is 0.292 e. The quantitative estimate of drug-likeness (QED) is 0.770. The number of hydrogen-bond acceptors (Lipinski definition) is 3. The van der Waals surface area contributed by atoms with Crippen molar-refractivity contribution in [2.24, 2.45) is 0 Å². The van der Waals surface area contributed by atoms with Gasteiger partial charge < -0.3 is 0 Å². The molecule has 2 aromatic heterocycles. The van der Waals surface area contributed by atoms with Crippen LogP contribution < -0.4 is 0 Å². The predicted octanol–water partition coefficient (Wildman–Crippen LogP) is 3.96. The Labute approximate surface area is 116 Å². The molecule has 0 N–H and O–H groups in total. The van der Waals surface area contributed by atoms with Gasteiger partial charge in [0.1, 0.15) is 5.15 Å². The highest BCUT2D eigenvalue weighted by atomic mass is 35.5. The fraction of sp³-hybridized carbons (Fsp3) is 0.357. The average molecular weight is 279 g/mol. The summed E-state index contributed by atoms with van der Waals surface area (Å²) < 4.78 is 0. The SMILES string of the molecule is Clc1ncccc1CN(Cc1ccsc1)C1CC1. The highest BCUT2D eigenvalue weighted by molar-refractivity contribution is 7.07. The number of hydrogen-bond donors (Lipinski definition) is 0. The smallest absolute Gasteiger partial charge is 0.133 e. The highest BCUT2D eigenvalue weighted by Gasteiger charge is 2.29. The lowest BCUT2D eigenvalue weighted by molar-refractivity contribution is 0.246. The van der Waals surface area contributed by atoms with Crippen molar-refractivity contribution in [2.45, 2.75) is 32.0 Å². The third-order valence-corrected chi connectivity index (χ3v) is 4.31. The Morgan fingerprint density at radius 1 is 1.33 bits per heavy atom. The lowest BCUT2D eigenvalue weighted by Crippen LogP contribution is -2.25. The normalized spacial score (nSPS) is 15.2. The average Bonchev–Trinajstić information content (AvgIpc) is 3.10. The lowest BCUT2D eigenvalue weighted by Gasteiger charge is -2.21. The zero-order valence-electron chi connectivity index (χ0n) is 10.1. The van der Waals surface area contributed by atoms with Crippen LogP contribution >= 0.6 is 22.9 Å². The van der Waals surface area contributed by atoms with Crippen LogP contribution in [0.3, 0.4) is 0 Å². The second kappa shape index (κ2) is 5.39. The summed E-state index contributed by atoms with van der Waals surface area (Å²) in [5.41, 5.74) is 2.52. The summed E-state index contributed by atoms with van der Waals surface area (Å²) in [6.45, 7) is 1.91. The van der Waals surface area contributed by atoms with Crippen molar-refractivity contribution in [1.82, 2.24) is 9.88 Å². The Bertz CT molecular complexity index is 508. The zero-order chi connectivity index (χ0) is 12.4. The van der Waals surface area contributed by atoms with Crippen molar-refractivity contribution < 1.29 is 0 Å². The minimum Gasteiger partial charge on any atom is -0.292 e. The van der Waals surface area contributed by atoms with Gasteiger partial charge in [-0.1, -0.05) is 17.7 Å². The highest BCUT2D eigenvalue weighted by Crippen LogP contribution is 2.31. The van der Waals surface area contributed by atoms with E-state index < -0.39 is 0 Å². The van der Waals surface area contributed by atoms with Crippen LogP contribution in [0.1, 0.15) is 24.0 Å². The fourth-order valence-corrected chi connectivity index (χ4v) is 2.97. The molecule has 0 aliphatic heterocycles. The second-order valence-electron chi connectivity index (χ2n) is 4.72. The third-order valence-electron chi connectivity index (χ3n) is 3.24. The van der Waals surface area contributed by atoms with Gasteiger partial charge in [-0.3, -0.25) is 4.90 Å². The van der Waals surface area contributed by atoms with Gasteiger partial charge in [0.15, 0.2) is 0 Å². The molecule has 4 heteroatoms. The van der Waals surface area contributed by atoms with E-state index in [1.54, 1.807) is 17.5 Å². The maximum Gasteiger partial charge on any atom is 0.133 e. The van der Waals surface area contributed by atoms with E-state index in [1.165, 1.54) is 18.4 Å². The number of halogens is 1. The Balaban J connectivity index is 1.73. The van der Waals surface area contributed by atoms with Crippen LogP contribution in [-0.4, -0.2) is 15.9 Å². The molecule has 1 aliphatic rings. The maximum atomic E-state index is 6.14. The van der Waals surface area contributed by atoms with E-state index in [4.69, 9.17) is 11.6 Å². The van der Waals surface area contributed by atoms with Gasteiger partial charge in [-0.05, 0) is 41.3 Å². The number of rotatable bonds is 5. The first kappa shape index (κ1) is 12.2. The molecule has 1 aliphatic carbocycles. The summed E-state index contributed by atoms with van der Waals surface area (Å²) >= 11 is 7.90. The molecule has 2 aromatic rings. The molecule has 2 nitrogen and oxygen atoms in total. The molecule has 1 saturated carbocycles. The Hall–Kier alpha value is -0.900. The fourth-order valence-electron chi connectivity index (χ4n) is 2.13. The summed E-state index contributed by atoms with van der Waals surface area (Å²) in [6.07, 6.45) is 4.36. The van der Waals surface area contributed by atoms with E-state index in [0.717, 1.165) is 24.7 Å². The molecule has 0 saturated heterocycles. The van der Waals surface area contributed by atoms with Crippen LogP contribution in [0.25, 0.3) is 0 Å². The summed E-state index contributed by atoms with van der Waals surface area (Å²) in [7, 11) is 0. The van der Waals surface area contributed by atoms with Crippen LogP contribution in [0.15, 0.2) is 35.2 Å². The topological polar surface area (TPSA) is 16.1 Å². The molecule has 18 heavy (non-hydrogen) atoms. The first-order chi connectivity index (χ1) is 8.83. The van der Waals surface area contributed by atoms with Gasteiger partial charge in [0, 0.05) is 30.9 Å². The monoisotopic (exact) mass is 278 g/mol. The zero-order valence-corrected chi connectivity index (χ0v) is 11.6. The molecule has 0 unspecified atom stereocenters. The van der Waals surface area contributed by atoms with Crippen LogP contribution in [0.4, 0.5) is 0 Å². The molecule has 0 aromatic carbocycles. The van der Waals surface area contributed by atoms with E-state index in [1.807, 2.05) is 6.07 Å². The first-order valence-corrected chi connectivity index (χ1v) is 7.49. The second-order valence-corrected chi connectivity index (χ2v) is 5.86. The van der Waals surface area contributed by atoms with Crippen LogP contribution in [0, 0.1) is 0 Å². The molecular weight excluding hydrogens is 264 g/mol. The van der Waals surface area contributed by atoms with E-state index in [9.17, 15) is 0 Å². The molecule has 0 bridgehead atoms. The minimum absolute atomic E-state index is 0.633. The van der Waals surface area contributed by atoms with Gasteiger partial charge in [-0.25, -0.2) is 4.98 Å². The summed E-state index contributed by atoms with van der Waals surface area (Å²) in [4.78, 5) is 6.65. The van der Waals surface area contributed by atoms with Gasteiger partial charge in [0.2, 0.25) is 0 Å².